The van der Waals surface area contributed by atoms with Gasteiger partial charge in [0.25, 0.3) is 0 Å². The van der Waals surface area contributed by atoms with E-state index in [1.54, 1.807) is 6.07 Å². The number of fused-ring (bicyclic) bond motifs is 1. The number of nitrogens with zero attached hydrogens (tertiary/aromatic N) is 1. The molecule has 2 atom stereocenters. The molecule has 0 heterocycles. The van der Waals surface area contributed by atoms with Crippen LogP contribution in [0.25, 0.3) is 0 Å². The van der Waals surface area contributed by atoms with Crippen LogP contribution in [0.3, 0.4) is 0 Å². The van der Waals surface area contributed by atoms with Gasteiger partial charge >= 0.3 is 0 Å². The van der Waals surface area contributed by atoms with Crippen molar-refractivity contribution < 1.29 is 4.39 Å². The topological polar surface area (TPSA) is 3.24 Å². The van der Waals surface area contributed by atoms with Gasteiger partial charge in [-0.05, 0) is 49.4 Å². The first-order valence-electron chi connectivity index (χ1n) is 7.77. The molecule has 0 spiro atoms. The van der Waals surface area contributed by atoms with Crippen LogP contribution in [0, 0.1) is 11.2 Å². The van der Waals surface area contributed by atoms with E-state index in [9.17, 15) is 4.39 Å². The fourth-order valence-electron chi connectivity index (χ4n) is 3.58. The maximum absolute atomic E-state index is 13.7. The number of rotatable bonds is 7. The lowest BCUT2D eigenvalue weighted by atomic mass is 9.94. The quantitative estimate of drug-likeness (QED) is 0.697. The van der Waals surface area contributed by atoms with Crippen molar-refractivity contribution >= 4 is 0 Å². The van der Waals surface area contributed by atoms with Crippen LogP contribution in [-0.2, 0) is 0 Å². The maximum atomic E-state index is 13.7. The summed E-state index contributed by atoms with van der Waals surface area (Å²) < 4.78 is 13.7. The first-order chi connectivity index (χ1) is 9.60. The van der Waals surface area contributed by atoms with Crippen LogP contribution in [0.2, 0.25) is 0 Å². The maximum Gasteiger partial charge on any atom is 0.127 e. The number of halogens is 1. The summed E-state index contributed by atoms with van der Waals surface area (Å²) in [5, 5.41) is 0. The predicted octanol–water partition coefficient (Wildman–Crippen LogP) is 4.69. The van der Waals surface area contributed by atoms with Crippen LogP contribution in [0.1, 0.15) is 56.6 Å². The molecule has 2 aliphatic rings. The van der Waals surface area contributed by atoms with Gasteiger partial charge in [-0.1, -0.05) is 32.1 Å². The van der Waals surface area contributed by atoms with Gasteiger partial charge in [-0.2, -0.15) is 0 Å². The first kappa shape index (κ1) is 13.7. The fourth-order valence-corrected chi connectivity index (χ4v) is 3.58. The summed E-state index contributed by atoms with van der Waals surface area (Å²) in [6.07, 6.45) is 7.20. The Morgan fingerprint density at radius 1 is 1.50 bits per heavy atom. The molecule has 3 rings (SSSR count). The minimum absolute atomic E-state index is 0.0450. The monoisotopic (exact) mass is 273 g/mol. The minimum atomic E-state index is -0.0450. The Hall–Kier alpha value is -1.31. The largest absolute Gasteiger partial charge is 0.374 e. The van der Waals surface area contributed by atoms with Gasteiger partial charge in [-0.25, -0.2) is 4.39 Å². The predicted molar refractivity (Wildman–Crippen MR) is 81.2 cm³/mol. The van der Waals surface area contributed by atoms with Crippen LogP contribution in [-0.4, -0.2) is 17.5 Å². The van der Waals surface area contributed by atoms with Gasteiger partial charge in [0.05, 0.1) is 0 Å². The third-order valence-electron chi connectivity index (χ3n) is 5.36. The third kappa shape index (κ3) is 2.36. The van der Waals surface area contributed by atoms with Crippen molar-refractivity contribution in [3.05, 3.63) is 47.9 Å². The minimum Gasteiger partial charge on any atom is -0.374 e. The lowest BCUT2D eigenvalue weighted by Gasteiger charge is -2.30. The molecule has 0 amide bonds. The highest BCUT2D eigenvalue weighted by molar-refractivity contribution is 5.53. The van der Waals surface area contributed by atoms with Gasteiger partial charge in [0.2, 0.25) is 0 Å². The van der Waals surface area contributed by atoms with E-state index in [-0.39, 0.29) is 11.7 Å². The van der Waals surface area contributed by atoms with Crippen molar-refractivity contribution in [2.45, 2.75) is 51.5 Å². The highest BCUT2D eigenvalue weighted by Crippen LogP contribution is 2.53. The Morgan fingerprint density at radius 2 is 2.25 bits per heavy atom. The zero-order chi connectivity index (χ0) is 14.3. The Bertz CT molecular complexity index is 518. The third-order valence-corrected chi connectivity index (χ3v) is 5.36. The van der Waals surface area contributed by atoms with Crippen molar-refractivity contribution in [1.29, 1.82) is 0 Å². The van der Waals surface area contributed by atoms with E-state index in [1.165, 1.54) is 31.2 Å². The molecule has 0 aliphatic heterocycles. The lowest BCUT2D eigenvalue weighted by molar-refractivity contribution is 0.236. The molecule has 0 aromatic heterocycles. The van der Waals surface area contributed by atoms with Gasteiger partial charge < -0.3 is 4.90 Å². The Labute approximate surface area is 121 Å². The molecule has 108 valence electrons. The molecule has 0 N–H and O–H groups in total. The van der Waals surface area contributed by atoms with Crippen molar-refractivity contribution in [1.82, 2.24) is 4.90 Å². The summed E-state index contributed by atoms with van der Waals surface area (Å²) in [4.78, 5) is 2.31. The van der Waals surface area contributed by atoms with Crippen molar-refractivity contribution in [3.63, 3.8) is 0 Å². The number of benzene rings is 1. The van der Waals surface area contributed by atoms with Crippen molar-refractivity contribution in [2.24, 2.45) is 5.41 Å². The normalized spacial score (nSPS) is 22.9. The van der Waals surface area contributed by atoms with Gasteiger partial charge in [0.15, 0.2) is 0 Å². The van der Waals surface area contributed by atoms with E-state index >= 15 is 0 Å². The molecule has 1 fully saturated rings. The Kier molecular flexibility index (Phi) is 3.35. The van der Waals surface area contributed by atoms with E-state index < -0.39 is 0 Å². The summed E-state index contributed by atoms with van der Waals surface area (Å²) in [7, 11) is 0. The van der Waals surface area contributed by atoms with Gasteiger partial charge in [0.1, 0.15) is 5.82 Å². The highest BCUT2D eigenvalue weighted by atomic mass is 19.1. The molecule has 2 unspecified atom stereocenters. The van der Waals surface area contributed by atoms with E-state index in [0.29, 0.717) is 11.5 Å². The Morgan fingerprint density at radius 3 is 2.80 bits per heavy atom. The summed E-state index contributed by atoms with van der Waals surface area (Å²) in [5.74, 6) is 0.235. The average molecular weight is 273 g/mol. The molecule has 1 aromatic carbocycles. The lowest BCUT2D eigenvalue weighted by Crippen LogP contribution is -2.31. The van der Waals surface area contributed by atoms with Crippen LogP contribution in [0.4, 0.5) is 4.39 Å². The van der Waals surface area contributed by atoms with Crippen molar-refractivity contribution in [3.8, 4) is 0 Å². The van der Waals surface area contributed by atoms with E-state index in [4.69, 9.17) is 0 Å². The van der Waals surface area contributed by atoms with Crippen molar-refractivity contribution in [2.75, 3.05) is 6.54 Å². The number of hydrogen-bond acceptors (Lipinski definition) is 1. The second-order valence-electron chi connectivity index (χ2n) is 6.58. The van der Waals surface area contributed by atoms with Gasteiger partial charge in [-0.15, -0.1) is 0 Å². The second kappa shape index (κ2) is 4.91. The summed E-state index contributed by atoms with van der Waals surface area (Å²) in [5.41, 5.74) is 2.69. The molecular weight excluding hydrogens is 249 g/mol. The van der Waals surface area contributed by atoms with Gasteiger partial charge in [0, 0.05) is 24.1 Å². The molecule has 1 nitrogen and oxygen atoms in total. The van der Waals surface area contributed by atoms with E-state index in [2.05, 4.69) is 25.3 Å². The van der Waals surface area contributed by atoms with Crippen LogP contribution in [0.15, 0.2) is 31.0 Å². The fraction of sp³-hybridized carbons (Fsp3) is 0.556. The zero-order valence-electron chi connectivity index (χ0n) is 12.5. The summed E-state index contributed by atoms with van der Waals surface area (Å²) >= 11 is 0. The first-order valence-corrected chi connectivity index (χ1v) is 7.77. The second-order valence-corrected chi connectivity index (χ2v) is 6.58. The summed E-state index contributed by atoms with van der Waals surface area (Å²) in [6.45, 7) is 9.41. The number of hydrogen-bond donors (Lipinski definition) is 0. The standard InChI is InChI=1S/C18H24FN/c1-4-18(9-10-18)11-13(3)20(5-2)12-15-14-7-6-8-16(19)17(14)15/h5-8,13,15H,2,4,9-12H2,1,3H3. The van der Waals surface area contributed by atoms with Gasteiger partial charge in [-0.3, -0.25) is 0 Å². The van der Waals surface area contributed by atoms with Crippen LogP contribution < -0.4 is 0 Å². The SMILES string of the molecule is C=CN(CC1c2cccc(F)c21)C(C)CC1(CC)CC1. The highest BCUT2D eigenvalue weighted by Gasteiger charge is 2.43. The molecule has 2 heteroatoms. The zero-order valence-corrected chi connectivity index (χ0v) is 12.5. The van der Waals surface area contributed by atoms with Crippen LogP contribution >= 0.6 is 0 Å². The molecule has 0 saturated heterocycles. The molecule has 1 aromatic rings. The van der Waals surface area contributed by atoms with E-state index in [0.717, 1.165) is 12.1 Å². The smallest absolute Gasteiger partial charge is 0.127 e. The average Bonchev–Trinajstić information content (AvgIpc) is 3.33. The molecule has 2 aliphatic carbocycles. The van der Waals surface area contributed by atoms with E-state index in [1.807, 2.05) is 18.3 Å². The molecular formula is C18H24FN. The summed E-state index contributed by atoms with van der Waals surface area (Å²) in [6, 6.07) is 5.92. The molecule has 20 heavy (non-hydrogen) atoms. The molecule has 0 bridgehead atoms. The van der Waals surface area contributed by atoms with Crippen LogP contribution in [0.5, 0.6) is 0 Å². The molecule has 0 radical (unpaired) electrons. The Balaban J connectivity index is 1.61. The molecule has 1 saturated carbocycles.